The van der Waals surface area contributed by atoms with E-state index in [1.54, 1.807) is 0 Å². The maximum absolute atomic E-state index is 6.05. The number of ether oxygens (including phenoxy) is 1. The molecule has 2 N–H and O–H groups in total. The zero-order valence-corrected chi connectivity index (χ0v) is 12.0. The van der Waals surface area contributed by atoms with E-state index < -0.39 is 0 Å². The minimum Gasteiger partial charge on any atom is -0.379 e. The summed E-state index contributed by atoms with van der Waals surface area (Å²) in [6, 6.07) is 0.713. The second-order valence-corrected chi connectivity index (χ2v) is 5.89. The first-order valence-electron chi connectivity index (χ1n) is 7.45. The van der Waals surface area contributed by atoms with Crippen LogP contribution in [0.25, 0.3) is 0 Å². The lowest BCUT2D eigenvalue weighted by molar-refractivity contribution is -0.0406. The van der Waals surface area contributed by atoms with Gasteiger partial charge in [0, 0.05) is 25.7 Å². The van der Waals surface area contributed by atoms with Crippen LogP contribution in [0, 0.1) is 0 Å². The van der Waals surface area contributed by atoms with Crippen molar-refractivity contribution in [2.45, 2.75) is 44.2 Å². The lowest BCUT2D eigenvalue weighted by atomic mass is 9.90. The van der Waals surface area contributed by atoms with Gasteiger partial charge in [-0.1, -0.05) is 6.92 Å². The standard InChI is InChI=1S/C14H29N3O/c1-3-17-8-4-6-13(17)10-16(2)14(11-15)7-5-9-18-12-14/h13H,3-12,15H2,1-2H3. The Hall–Kier alpha value is -0.160. The van der Waals surface area contributed by atoms with Crippen LogP contribution in [-0.2, 0) is 4.74 Å². The molecule has 4 heteroatoms. The zero-order chi connectivity index (χ0) is 13.0. The molecule has 2 unspecified atom stereocenters. The van der Waals surface area contributed by atoms with Crippen molar-refractivity contribution in [3.05, 3.63) is 0 Å². The monoisotopic (exact) mass is 255 g/mol. The molecule has 0 saturated carbocycles. The molecule has 0 amide bonds. The van der Waals surface area contributed by atoms with Crippen LogP contribution in [-0.4, -0.2) is 67.8 Å². The van der Waals surface area contributed by atoms with E-state index in [1.807, 2.05) is 0 Å². The fraction of sp³-hybridized carbons (Fsp3) is 1.00. The zero-order valence-electron chi connectivity index (χ0n) is 12.0. The summed E-state index contributed by atoms with van der Waals surface area (Å²) in [4.78, 5) is 5.08. The van der Waals surface area contributed by atoms with E-state index in [2.05, 4.69) is 23.8 Å². The molecule has 106 valence electrons. The number of rotatable bonds is 5. The molecule has 2 aliphatic rings. The van der Waals surface area contributed by atoms with Crippen LogP contribution in [0.4, 0.5) is 0 Å². The molecule has 2 atom stereocenters. The van der Waals surface area contributed by atoms with Crippen LogP contribution in [0.3, 0.4) is 0 Å². The van der Waals surface area contributed by atoms with E-state index in [0.717, 1.165) is 26.2 Å². The molecule has 18 heavy (non-hydrogen) atoms. The molecule has 0 aromatic heterocycles. The first-order chi connectivity index (χ1) is 8.72. The van der Waals surface area contributed by atoms with Crippen molar-refractivity contribution in [1.82, 2.24) is 9.80 Å². The first kappa shape index (κ1) is 14.3. The summed E-state index contributed by atoms with van der Waals surface area (Å²) < 4.78 is 5.68. The van der Waals surface area contributed by atoms with Crippen molar-refractivity contribution < 1.29 is 4.74 Å². The Balaban J connectivity index is 1.94. The lowest BCUT2D eigenvalue weighted by Crippen LogP contribution is -2.59. The predicted octanol–water partition coefficient (Wildman–Crippen LogP) is 0.910. The summed E-state index contributed by atoms with van der Waals surface area (Å²) in [7, 11) is 2.23. The van der Waals surface area contributed by atoms with Crippen LogP contribution in [0.5, 0.6) is 0 Å². The van der Waals surface area contributed by atoms with Gasteiger partial charge < -0.3 is 10.5 Å². The molecule has 0 aliphatic carbocycles. The highest BCUT2D eigenvalue weighted by atomic mass is 16.5. The highest BCUT2D eigenvalue weighted by molar-refractivity contribution is 4.94. The van der Waals surface area contributed by atoms with E-state index >= 15 is 0 Å². The van der Waals surface area contributed by atoms with Crippen LogP contribution in [0.2, 0.25) is 0 Å². The van der Waals surface area contributed by atoms with Gasteiger partial charge in [-0.05, 0) is 45.8 Å². The maximum atomic E-state index is 6.05. The molecular formula is C14H29N3O. The third kappa shape index (κ3) is 2.87. The summed E-state index contributed by atoms with van der Waals surface area (Å²) >= 11 is 0. The Morgan fingerprint density at radius 1 is 1.44 bits per heavy atom. The summed E-state index contributed by atoms with van der Waals surface area (Å²) in [5, 5.41) is 0. The van der Waals surface area contributed by atoms with Crippen molar-refractivity contribution in [2.75, 3.05) is 46.4 Å². The molecule has 2 heterocycles. The van der Waals surface area contributed by atoms with E-state index in [1.165, 1.54) is 32.4 Å². The Kier molecular flexibility index (Phi) is 5.01. The third-order valence-electron chi connectivity index (χ3n) is 4.88. The molecule has 4 nitrogen and oxygen atoms in total. The van der Waals surface area contributed by atoms with Crippen molar-refractivity contribution in [3.63, 3.8) is 0 Å². The quantitative estimate of drug-likeness (QED) is 0.793. The summed E-state index contributed by atoms with van der Waals surface area (Å²) in [6.45, 7) is 8.25. The molecule has 2 aliphatic heterocycles. The van der Waals surface area contributed by atoms with Crippen molar-refractivity contribution in [2.24, 2.45) is 5.73 Å². The van der Waals surface area contributed by atoms with E-state index in [4.69, 9.17) is 10.5 Å². The Morgan fingerprint density at radius 3 is 2.89 bits per heavy atom. The number of hydrogen-bond acceptors (Lipinski definition) is 4. The van der Waals surface area contributed by atoms with Gasteiger partial charge in [-0.2, -0.15) is 0 Å². The van der Waals surface area contributed by atoms with Crippen LogP contribution in [0.15, 0.2) is 0 Å². The fourth-order valence-corrected chi connectivity index (χ4v) is 3.48. The summed E-state index contributed by atoms with van der Waals surface area (Å²) in [5.74, 6) is 0. The van der Waals surface area contributed by atoms with Gasteiger partial charge >= 0.3 is 0 Å². The van der Waals surface area contributed by atoms with E-state index in [0.29, 0.717) is 12.6 Å². The minimum absolute atomic E-state index is 0.0836. The van der Waals surface area contributed by atoms with Crippen molar-refractivity contribution >= 4 is 0 Å². The largest absolute Gasteiger partial charge is 0.379 e. The average Bonchev–Trinajstić information content (AvgIpc) is 2.86. The van der Waals surface area contributed by atoms with Gasteiger partial charge in [0.25, 0.3) is 0 Å². The fourth-order valence-electron chi connectivity index (χ4n) is 3.48. The molecule has 0 aromatic rings. The summed E-state index contributed by atoms with van der Waals surface area (Å²) in [6.07, 6.45) is 5.00. The topological polar surface area (TPSA) is 41.7 Å². The normalized spacial score (nSPS) is 34.3. The predicted molar refractivity (Wildman–Crippen MR) is 74.7 cm³/mol. The van der Waals surface area contributed by atoms with Crippen molar-refractivity contribution in [1.29, 1.82) is 0 Å². The first-order valence-corrected chi connectivity index (χ1v) is 7.45. The highest BCUT2D eigenvalue weighted by Gasteiger charge is 2.37. The molecule has 0 aromatic carbocycles. The Morgan fingerprint density at radius 2 is 2.28 bits per heavy atom. The molecule has 2 fully saturated rings. The SMILES string of the molecule is CCN1CCCC1CN(C)C1(CN)CCCOC1. The van der Waals surface area contributed by atoms with Gasteiger partial charge in [0.05, 0.1) is 12.1 Å². The third-order valence-corrected chi connectivity index (χ3v) is 4.88. The number of likely N-dealkylation sites (tertiary alicyclic amines) is 1. The summed E-state index contributed by atoms with van der Waals surface area (Å²) in [5.41, 5.74) is 6.13. The average molecular weight is 255 g/mol. The van der Waals surface area contributed by atoms with Crippen LogP contribution < -0.4 is 5.73 Å². The van der Waals surface area contributed by atoms with Gasteiger partial charge in [0.2, 0.25) is 0 Å². The van der Waals surface area contributed by atoms with Crippen molar-refractivity contribution in [3.8, 4) is 0 Å². The Labute approximate surface area is 111 Å². The molecule has 0 spiro atoms. The maximum Gasteiger partial charge on any atom is 0.0662 e. The van der Waals surface area contributed by atoms with E-state index in [-0.39, 0.29) is 5.54 Å². The molecule has 0 bridgehead atoms. The van der Waals surface area contributed by atoms with Crippen LogP contribution >= 0.6 is 0 Å². The Bertz CT molecular complexity index is 253. The van der Waals surface area contributed by atoms with Gasteiger partial charge in [0.15, 0.2) is 0 Å². The van der Waals surface area contributed by atoms with Gasteiger partial charge in [0.1, 0.15) is 0 Å². The van der Waals surface area contributed by atoms with Gasteiger partial charge in [-0.25, -0.2) is 0 Å². The molecule has 2 saturated heterocycles. The number of likely N-dealkylation sites (N-methyl/N-ethyl adjacent to an activating group) is 2. The minimum atomic E-state index is 0.0836. The van der Waals surface area contributed by atoms with Crippen LogP contribution in [0.1, 0.15) is 32.6 Å². The number of hydrogen-bond donors (Lipinski definition) is 1. The second kappa shape index (κ2) is 6.33. The lowest BCUT2D eigenvalue weighted by Gasteiger charge is -2.45. The van der Waals surface area contributed by atoms with Gasteiger partial charge in [-0.15, -0.1) is 0 Å². The highest BCUT2D eigenvalue weighted by Crippen LogP contribution is 2.26. The smallest absolute Gasteiger partial charge is 0.0662 e. The molecule has 0 radical (unpaired) electrons. The van der Waals surface area contributed by atoms with E-state index in [9.17, 15) is 0 Å². The number of nitrogens with two attached hydrogens (primary N) is 1. The van der Waals surface area contributed by atoms with Gasteiger partial charge in [-0.3, -0.25) is 9.80 Å². The molecule has 2 rings (SSSR count). The second-order valence-electron chi connectivity index (χ2n) is 5.89. The molecular weight excluding hydrogens is 226 g/mol. The number of nitrogens with zero attached hydrogens (tertiary/aromatic N) is 2.